The highest BCUT2D eigenvalue weighted by atomic mass is 19.3. The van der Waals surface area contributed by atoms with Crippen molar-refractivity contribution in [2.45, 2.75) is 50.7 Å². The molecular weight excluding hydrogens is 244 g/mol. The standard InChI is InChI=1S/C12H21F2NO3/c1-3-6-15-12(11(16)17-2)5-4-9(7-12)18-8-10(13)14/h9-10,15H,3-8H2,1-2H3. The Bertz CT molecular complexity index is 276. The number of hydrogen-bond donors (Lipinski definition) is 1. The molecule has 1 saturated carbocycles. The van der Waals surface area contributed by atoms with Crippen molar-refractivity contribution in [1.29, 1.82) is 0 Å². The fraction of sp³-hybridized carbons (Fsp3) is 0.917. The monoisotopic (exact) mass is 265 g/mol. The summed E-state index contributed by atoms with van der Waals surface area (Å²) in [5, 5.41) is 3.17. The van der Waals surface area contributed by atoms with Crippen LogP contribution in [0.5, 0.6) is 0 Å². The summed E-state index contributed by atoms with van der Waals surface area (Å²) in [6.07, 6.45) is -0.330. The van der Waals surface area contributed by atoms with Gasteiger partial charge in [0, 0.05) is 6.42 Å². The van der Waals surface area contributed by atoms with E-state index in [0.29, 0.717) is 25.8 Å². The van der Waals surface area contributed by atoms with Crippen molar-refractivity contribution in [2.75, 3.05) is 20.3 Å². The van der Waals surface area contributed by atoms with Crippen LogP contribution in [0.2, 0.25) is 0 Å². The Morgan fingerprint density at radius 2 is 2.28 bits per heavy atom. The van der Waals surface area contributed by atoms with E-state index in [9.17, 15) is 13.6 Å². The molecule has 4 nitrogen and oxygen atoms in total. The van der Waals surface area contributed by atoms with Crippen molar-refractivity contribution in [2.24, 2.45) is 0 Å². The molecule has 0 aromatic heterocycles. The zero-order valence-corrected chi connectivity index (χ0v) is 10.9. The van der Waals surface area contributed by atoms with E-state index in [1.54, 1.807) is 0 Å². The smallest absolute Gasteiger partial charge is 0.326 e. The van der Waals surface area contributed by atoms with Crippen LogP contribution in [0, 0.1) is 0 Å². The molecule has 1 N–H and O–H groups in total. The Morgan fingerprint density at radius 1 is 1.56 bits per heavy atom. The van der Waals surface area contributed by atoms with Gasteiger partial charge in [-0.25, -0.2) is 8.78 Å². The van der Waals surface area contributed by atoms with Gasteiger partial charge in [-0.05, 0) is 25.8 Å². The van der Waals surface area contributed by atoms with E-state index in [1.165, 1.54) is 7.11 Å². The number of carbonyl (C=O) groups excluding carboxylic acids is 1. The first-order chi connectivity index (χ1) is 8.54. The van der Waals surface area contributed by atoms with Gasteiger partial charge < -0.3 is 14.8 Å². The van der Waals surface area contributed by atoms with Crippen LogP contribution in [-0.2, 0) is 14.3 Å². The first kappa shape index (κ1) is 15.3. The lowest BCUT2D eigenvalue weighted by Gasteiger charge is -2.27. The average molecular weight is 265 g/mol. The number of ether oxygens (including phenoxy) is 2. The van der Waals surface area contributed by atoms with E-state index < -0.39 is 18.6 Å². The van der Waals surface area contributed by atoms with Crippen LogP contribution in [0.25, 0.3) is 0 Å². The van der Waals surface area contributed by atoms with Crippen molar-refractivity contribution >= 4 is 5.97 Å². The summed E-state index contributed by atoms with van der Waals surface area (Å²) >= 11 is 0. The molecule has 1 aliphatic carbocycles. The van der Waals surface area contributed by atoms with E-state index in [0.717, 1.165) is 6.42 Å². The zero-order valence-electron chi connectivity index (χ0n) is 10.9. The zero-order chi connectivity index (χ0) is 13.6. The van der Waals surface area contributed by atoms with Crippen molar-refractivity contribution in [1.82, 2.24) is 5.32 Å². The lowest BCUT2D eigenvalue weighted by molar-refractivity contribution is -0.149. The molecule has 0 aromatic rings. The molecule has 1 rings (SSSR count). The quantitative estimate of drug-likeness (QED) is 0.712. The molecule has 1 aliphatic rings. The molecule has 0 amide bonds. The summed E-state index contributed by atoms with van der Waals surface area (Å²) in [4.78, 5) is 11.8. The van der Waals surface area contributed by atoms with Crippen LogP contribution in [-0.4, -0.2) is 44.3 Å². The molecule has 6 heteroatoms. The van der Waals surface area contributed by atoms with Gasteiger partial charge >= 0.3 is 5.97 Å². The lowest BCUT2D eigenvalue weighted by Crippen LogP contribution is -2.51. The SMILES string of the molecule is CCCNC1(C(=O)OC)CCC(OCC(F)F)C1. The Hall–Kier alpha value is -0.750. The molecule has 0 aliphatic heterocycles. The molecule has 0 spiro atoms. The number of methoxy groups -OCH3 is 1. The van der Waals surface area contributed by atoms with Gasteiger partial charge in [0.15, 0.2) is 0 Å². The number of halogens is 2. The van der Waals surface area contributed by atoms with Crippen LogP contribution >= 0.6 is 0 Å². The van der Waals surface area contributed by atoms with Crippen LogP contribution in [0.3, 0.4) is 0 Å². The highest BCUT2D eigenvalue weighted by molar-refractivity contribution is 5.81. The van der Waals surface area contributed by atoms with E-state index >= 15 is 0 Å². The third-order valence-corrected chi connectivity index (χ3v) is 3.22. The van der Waals surface area contributed by atoms with Crippen molar-refractivity contribution in [3.05, 3.63) is 0 Å². The fourth-order valence-corrected chi connectivity index (χ4v) is 2.33. The molecule has 0 bridgehead atoms. The summed E-state index contributed by atoms with van der Waals surface area (Å²) in [6, 6.07) is 0. The Kier molecular flexibility index (Phi) is 5.95. The summed E-state index contributed by atoms with van der Waals surface area (Å²) in [7, 11) is 1.34. The minimum absolute atomic E-state index is 0.303. The molecule has 2 unspecified atom stereocenters. The van der Waals surface area contributed by atoms with Gasteiger partial charge in [-0.1, -0.05) is 6.92 Å². The van der Waals surface area contributed by atoms with Gasteiger partial charge in [0.2, 0.25) is 0 Å². The molecule has 2 atom stereocenters. The third kappa shape index (κ3) is 3.88. The number of esters is 1. The third-order valence-electron chi connectivity index (χ3n) is 3.22. The number of alkyl halides is 2. The summed E-state index contributed by atoms with van der Waals surface area (Å²) in [5.74, 6) is -0.334. The molecule has 0 aromatic carbocycles. The topological polar surface area (TPSA) is 47.6 Å². The molecule has 0 radical (unpaired) electrons. The maximum Gasteiger partial charge on any atom is 0.326 e. The van der Waals surface area contributed by atoms with E-state index in [1.807, 2.05) is 6.92 Å². The van der Waals surface area contributed by atoms with Gasteiger partial charge in [-0.15, -0.1) is 0 Å². The number of carbonyl (C=O) groups is 1. The maximum absolute atomic E-state index is 12.1. The predicted molar refractivity (Wildman–Crippen MR) is 62.6 cm³/mol. The predicted octanol–water partition coefficient (Wildman–Crippen LogP) is 1.73. The van der Waals surface area contributed by atoms with Gasteiger partial charge in [0.1, 0.15) is 12.1 Å². The summed E-state index contributed by atoms with van der Waals surface area (Å²) < 4.78 is 34.1. The van der Waals surface area contributed by atoms with Crippen LogP contribution < -0.4 is 5.32 Å². The van der Waals surface area contributed by atoms with Crippen LogP contribution in [0.15, 0.2) is 0 Å². The molecule has 18 heavy (non-hydrogen) atoms. The molecule has 0 heterocycles. The van der Waals surface area contributed by atoms with Gasteiger partial charge in [0.25, 0.3) is 6.43 Å². The molecule has 106 valence electrons. The van der Waals surface area contributed by atoms with Gasteiger partial charge in [-0.3, -0.25) is 4.79 Å². The molecular formula is C12H21F2NO3. The van der Waals surface area contributed by atoms with Gasteiger partial charge in [0.05, 0.1) is 13.2 Å². The normalized spacial score (nSPS) is 27.7. The highest BCUT2D eigenvalue weighted by Crippen LogP contribution is 2.33. The largest absolute Gasteiger partial charge is 0.468 e. The second-order valence-corrected chi connectivity index (χ2v) is 4.59. The van der Waals surface area contributed by atoms with Crippen molar-refractivity contribution in [3.63, 3.8) is 0 Å². The Morgan fingerprint density at radius 3 is 2.83 bits per heavy atom. The van der Waals surface area contributed by atoms with Crippen molar-refractivity contribution in [3.8, 4) is 0 Å². The van der Waals surface area contributed by atoms with Crippen LogP contribution in [0.4, 0.5) is 8.78 Å². The molecule has 1 fully saturated rings. The van der Waals surface area contributed by atoms with Crippen LogP contribution in [0.1, 0.15) is 32.6 Å². The van der Waals surface area contributed by atoms with Gasteiger partial charge in [-0.2, -0.15) is 0 Å². The maximum atomic E-state index is 12.1. The van der Waals surface area contributed by atoms with Crippen molar-refractivity contribution < 1.29 is 23.0 Å². The minimum atomic E-state index is -2.47. The molecule has 0 saturated heterocycles. The van der Waals surface area contributed by atoms with E-state index in [-0.39, 0.29) is 12.1 Å². The van der Waals surface area contributed by atoms with E-state index in [2.05, 4.69) is 5.32 Å². The Labute approximate surface area is 106 Å². The Balaban J connectivity index is 2.56. The first-order valence-electron chi connectivity index (χ1n) is 6.27. The highest BCUT2D eigenvalue weighted by Gasteiger charge is 2.46. The summed E-state index contributed by atoms with van der Waals surface area (Å²) in [5.41, 5.74) is -0.766. The minimum Gasteiger partial charge on any atom is -0.468 e. The number of nitrogens with one attached hydrogen (secondary N) is 1. The number of hydrogen-bond acceptors (Lipinski definition) is 4. The first-order valence-corrected chi connectivity index (χ1v) is 6.27. The average Bonchev–Trinajstić information content (AvgIpc) is 2.78. The second-order valence-electron chi connectivity index (χ2n) is 4.59. The lowest BCUT2D eigenvalue weighted by atomic mass is 9.97. The summed E-state index contributed by atoms with van der Waals surface area (Å²) in [6.45, 7) is 2.12. The number of rotatable bonds is 7. The van der Waals surface area contributed by atoms with E-state index in [4.69, 9.17) is 9.47 Å². The fourth-order valence-electron chi connectivity index (χ4n) is 2.33. The second kappa shape index (κ2) is 6.99.